The number of nitrogens with zero attached hydrogens (tertiary/aromatic N) is 2. The Bertz CT molecular complexity index is 692. The number of hydrogen-bond donors (Lipinski definition) is 1. The van der Waals surface area contributed by atoms with E-state index in [9.17, 15) is 8.42 Å². The lowest BCUT2D eigenvalue weighted by Crippen LogP contribution is -2.33. The zero-order chi connectivity index (χ0) is 14.9. The van der Waals surface area contributed by atoms with Gasteiger partial charge in [-0.15, -0.1) is 0 Å². The van der Waals surface area contributed by atoms with Crippen molar-refractivity contribution in [2.75, 3.05) is 12.8 Å². The van der Waals surface area contributed by atoms with Crippen LogP contribution in [0.5, 0.6) is 0 Å². The monoisotopic (exact) mass is 325 g/mol. The number of sulfone groups is 1. The van der Waals surface area contributed by atoms with Crippen LogP contribution in [0.4, 0.5) is 0 Å². The van der Waals surface area contributed by atoms with Gasteiger partial charge in [0.05, 0.1) is 17.9 Å². The molecule has 0 saturated carbocycles. The lowest BCUT2D eigenvalue weighted by atomic mass is 9.99. The van der Waals surface area contributed by atoms with E-state index in [-0.39, 0.29) is 6.04 Å². The first kappa shape index (κ1) is 14.7. The van der Waals surface area contributed by atoms with Crippen molar-refractivity contribution in [2.45, 2.75) is 36.7 Å². The second-order valence-electron chi connectivity index (χ2n) is 5.53. The quantitative estimate of drug-likeness (QED) is 0.938. The maximum absolute atomic E-state index is 11.9. The number of rotatable bonds is 4. The first-order valence-electron chi connectivity index (χ1n) is 7.04. The molecule has 0 aromatic carbocycles. The van der Waals surface area contributed by atoms with Crippen LogP contribution in [0.15, 0.2) is 27.9 Å². The summed E-state index contributed by atoms with van der Waals surface area (Å²) in [6.45, 7) is 1.85. The highest BCUT2D eigenvalue weighted by Crippen LogP contribution is 2.34. The lowest BCUT2D eigenvalue weighted by Gasteiger charge is -2.35. The van der Waals surface area contributed by atoms with E-state index < -0.39 is 9.84 Å². The Morgan fingerprint density at radius 2 is 2.33 bits per heavy atom. The Hall–Kier alpha value is -1.18. The van der Waals surface area contributed by atoms with Gasteiger partial charge in [0, 0.05) is 12.8 Å². The van der Waals surface area contributed by atoms with Crippen molar-refractivity contribution in [3.05, 3.63) is 34.3 Å². The number of nitrogens with one attached hydrogen (secondary N) is 1. The summed E-state index contributed by atoms with van der Waals surface area (Å²) in [6.07, 6.45) is 5.92. The van der Waals surface area contributed by atoms with Gasteiger partial charge in [-0.05, 0) is 41.8 Å². The first-order valence-corrected chi connectivity index (χ1v) is 9.87. The molecule has 0 unspecified atom stereocenters. The Balaban J connectivity index is 1.89. The highest BCUT2D eigenvalue weighted by atomic mass is 32.2. The van der Waals surface area contributed by atoms with Crippen LogP contribution in [-0.2, 0) is 16.4 Å². The van der Waals surface area contributed by atoms with E-state index in [1.807, 2.05) is 0 Å². The largest absolute Gasteiger partial charge is 0.290 e. The predicted molar refractivity (Wildman–Crippen MR) is 83.0 cm³/mol. The summed E-state index contributed by atoms with van der Waals surface area (Å²) < 4.78 is 23.8. The molecule has 1 saturated heterocycles. The zero-order valence-electron chi connectivity index (χ0n) is 11.9. The fourth-order valence-corrected chi connectivity index (χ4v) is 4.43. The average molecular weight is 325 g/mol. The second kappa shape index (κ2) is 5.90. The van der Waals surface area contributed by atoms with Gasteiger partial charge in [0.15, 0.2) is 9.84 Å². The summed E-state index contributed by atoms with van der Waals surface area (Å²) in [4.78, 5) is 2.69. The minimum absolute atomic E-state index is 0.103. The van der Waals surface area contributed by atoms with Crippen molar-refractivity contribution < 1.29 is 8.42 Å². The summed E-state index contributed by atoms with van der Waals surface area (Å²) >= 11 is 1.69. The van der Waals surface area contributed by atoms with Crippen molar-refractivity contribution in [2.24, 2.45) is 0 Å². The number of aromatic nitrogens is 2. The molecule has 1 atom stereocenters. The number of hydrogen-bond acceptors (Lipinski definition) is 5. The number of aromatic amines is 1. The van der Waals surface area contributed by atoms with Crippen LogP contribution in [0.1, 0.15) is 36.6 Å². The third-order valence-electron chi connectivity index (χ3n) is 3.94. The van der Waals surface area contributed by atoms with Gasteiger partial charge in [0.1, 0.15) is 4.90 Å². The van der Waals surface area contributed by atoms with Crippen LogP contribution < -0.4 is 0 Å². The second-order valence-corrected chi connectivity index (χ2v) is 8.30. The third-order valence-corrected chi connectivity index (χ3v) is 5.80. The highest BCUT2D eigenvalue weighted by Gasteiger charge is 2.30. The SMILES string of the molecule is CS(=O)(=O)c1cn[nH]c1[C@@H]1CCCCN1Cc1ccsc1. The summed E-state index contributed by atoms with van der Waals surface area (Å²) in [5, 5.41) is 11.1. The van der Waals surface area contributed by atoms with E-state index in [1.165, 1.54) is 18.0 Å². The summed E-state index contributed by atoms with van der Waals surface area (Å²) in [6, 6.07) is 2.23. The molecular formula is C14H19N3O2S2. The topological polar surface area (TPSA) is 66.1 Å². The molecule has 7 heteroatoms. The number of thiophene rings is 1. The van der Waals surface area contributed by atoms with Gasteiger partial charge in [-0.2, -0.15) is 16.4 Å². The fourth-order valence-electron chi connectivity index (χ4n) is 2.94. The number of piperidine rings is 1. The molecule has 0 radical (unpaired) electrons. The van der Waals surface area contributed by atoms with E-state index in [2.05, 4.69) is 31.9 Å². The predicted octanol–water partition coefficient (Wildman–Crippen LogP) is 2.60. The van der Waals surface area contributed by atoms with E-state index in [4.69, 9.17) is 0 Å². The van der Waals surface area contributed by atoms with Crippen LogP contribution in [0.25, 0.3) is 0 Å². The Morgan fingerprint density at radius 1 is 1.48 bits per heavy atom. The van der Waals surface area contributed by atoms with Crippen LogP contribution in [0.2, 0.25) is 0 Å². The smallest absolute Gasteiger partial charge is 0.178 e. The van der Waals surface area contributed by atoms with Gasteiger partial charge in [-0.1, -0.05) is 6.42 Å². The van der Waals surface area contributed by atoms with Gasteiger partial charge in [0.2, 0.25) is 0 Å². The van der Waals surface area contributed by atoms with Crippen LogP contribution in [0, 0.1) is 0 Å². The normalized spacial score (nSPS) is 20.7. The molecule has 0 bridgehead atoms. The molecule has 2 aromatic rings. The van der Waals surface area contributed by atoms with Gasteiger partial charge >= 0.3 is 0 Å². The molecule has 21 heavy (non-hydrogen) atoms. The van der Waals surface area contributed by atoms with Crippen molar-refractivity contribution in [3.63, 3.8) is 0 Å². The molecule has 5 nitrogen and oxygen atoms in total. The maximum atomic E-state index is 11.9. The average Bonchev–Trinajstić information content (AvgIpc) is 3.08. The molecule has 1 fully saturated rings. The zero-order valence-corrected chi connectivity index (χ0v) is 13.6. The Labute approximate surface area is 128 Å². The fraction of sp³-hybridized carbons (Fsp3) is 0.500. The summed E-state index contributed by atoms with van der Waals surface area (Å²) in [5.41, 5.74) is 2.03. The molecule has 1 aliphatic heterocycles. The molecule has 0 spiro atoms. The first-order chi connectivity index (χ1) is 10.1. The van der Waals surface area contributed by atoms with E-state index >= 15 is 0 Å². The van der Waals surface area contributed by atoms with Crippen molar-refractivity contribution in [1.29, 1.82) is 0 Å². The van der Waals surface area contributed by atoms with Crippen LogP contribution in [-0.4, -0.2) is 36.3 Å². The molecule has 2 aromatic heterocycles. The maximum Gasteiger partial charge on any atom is 0.178 e. The molecule has 1 aliphatic rings. The standard InChI is InChI=1S/C14H19N3O2S2/c1-21(18,19)13-8-15-16-14(13)12-4-2-3-6-17(12)9-11-5-7-20-10-11/h5,7-8,10,12H,2-4,6,9H2,1H3,(H,15,16)/t12-/m0/s1. The minimum Gasteiger partial charge on any atom is -0.290 e. The van der Waals surface area contributed by atoms with Crippen LogP contribution >= 0.6 is 11.3 Å². The van der Waals surface area contributed by atoms with Gasteiger partial charge in [0.25, 0.3) is 0 Å². The Kier molecular flexibility index (Phi) is 4.14. The highest BCUT2D eigenvalue weighted by molar-refractivity contribution is 7.90. The minimum atomic E-state index is -3.24. The number of H-pyrrole nitrogens is 1. The van der Waals surface area contributed by atoms with Crippen molar-refractivity contribution in [3.8, 4) is 0 Å². The van der Waals surface area contributed by atoms with E-state index in [1.54, 1.807) is 11.3 Å². The number of likely N-dealkylation sites (tertiary alicyclic amines) is 1. The molecule has 1 N–H and O–H groups in total. The molecular weight excluding hydrogens is 306 g/mol. The van der Waals surface area contributed by atoms with Gasteiger partial charge < -0.3 is 0 Å². The molecule has 0 amide bonds. The molecule has 0 aliphatic carbocycles. The van der Waals surface area contributed by atoms with E-state index in [0.717, 1.165) is 38.0 Å². The molecule has 3 heterocycles. The van der Waals surface area contributed by atoms with Crippen molar-refractivity contribution in [1.82, 2.24) is 15.1 Å². The van der Waals surface area contributed by atoms with Gasteiger partial charge in [-0.3, -0.25) is 10.00 Å². The molecule has 114 valence electrons. The summed E-state index contributed by atoms with van der Waals surface area (Å²) in [5.74, 6) is 0. The summed E-state index contributed by atoms with van der Waals surface area (Å²) in [7, 11) is -3.24. The Morgan fingerprint density at radius 3 is 3.05 bits per heavy atom. The molecule has 3 rings (SSSR count). The van der Waals surface area contributed by atoms with Gasteiger partial charge in [-0.25, -0.2) is 8.42 Å². The lowest BCUT2D eigenvalue weighted by molar-refractivity contribution is 0.135. The third kappa shape index (κ3) is 3.20. The van der Waals surface area contributed by atoms with E-state index in [0.29, 0.717) is 4.90 Å². The van der Waals surface area contributed by atoms with Crippen molar-refractivity contribution >= 4 is 21.2 Å². The van der Waals surface area contributed by atoms with Crippen LogP contribution in [0.3, 0.4) is 0 Å².